The summed E-state index contributed by atoms with van der Waals surface area (Å²) >= 11 is 0. The van der Waals surface area contributed by atoms with E-state index in [1.807, 2.05) is 0 Å². The van der Waals surface area contributed by atoms with E-state index in [4.69, 9.17) is 9.94 Å². The largest absolute Gasteiger partial charge is 0.481 e. The molecule has 0 spiro atoms. The molecule has 126 valence electrons. The second kappa shape index (κ2) is 7.94. The Morgan fingerprint density at radius 2 is 2.18 bits per heavy atom. The highest BCUT2D eigenvalue weighted by Crippen LogP contribution is 2.50. The number of hydrogen-bond donors (Lipinski definition) is 4. The Bertz CT molecular complexity index is 423. The molecule has 0 heterocycles. The van der Waals surface area contributed by atoms with Gasteiger partial charge in [0.1, 0.15) is 0 Å². The van der Waals surface area contributed by atoms with Crippen LogP contribution in [-0.2, 0) is 9.63 Å². The van der Waals surface area contributed by atoms with Gasteiger partial charge >= 0.3 is 5.97 Å². The van der Waals surface area contributed by atoms with Crippen LogP contribution in [0.3, 0.4) is 0 Å². The van der Waals surface area contributed by atoms with Crippen LogP contribution in [0, 0.1) is 11.8 Å². The zero-order chi connectivity index (χ0) is 16.1. The van der Waals surface area contributed by atoms with Crippen molar-refractivity contribution in [1.82, 2.24) is 5.48 Å². The van der Waals surface area contributed by atoms with Crippen molar-refractivity contribution in [2.24, 2.45) is 11.8 Å². The van der Waals surface area contributed by atoms with E-state index in [2.05, 4.69) is 12.4 Å². The summed E-state index contributed by atoms with van der Waals surface area (Å²) in [7, 11) is 0. The number of rotatable bonds is 10. The number of fused-ring (bicyclic) bond motifs is 1. The Kier molecular flexibility index (Phi) is 6.23. The molecule has 1 fully saturated rings. The minimum Gasteiger partial charge on any atom is -0.481 e. The molecule has 0 radical (unpaired) electrons. The van der Waals surface area contributed by atoms with Gasteiger partial charge in [-0.05, 0) is 49.5 Å². The van der Waals surface area contributed by atoms with Crippen molar-refractivity contribution in [2.45, 2.75) is 64.1 Å². The lowest BCUT2D eigenvalue weighted by Crippen LogP contribution is -2.31. The van der Waals surface area contributed by atoms with Crippen LogP contribution in [0.15, 0.2) is 11.3 Å². The van der Waals surface area contributed by atoms with Crippen molar-refractivity contribution in [1.29, 1.82) is 0 Å². The van der Waals surface area contributed by atoms with Crippen LogP contribution in [0.4, 0.5) is 0 Å². The Morgan fingerprint density at radius 1 is 1.41 bits per heavy atom. The van der Waals surface area contributed by atoms with E-state index < -0.39 is 5.97 Å². The quantitative estimate of drug-likeness (QED) is 0.361. The molecule has 0 amide bonds. The van der Waals surface area contributed by atoms with Crippen LogP contribution in [0.25, 0.3) is 0 Å². The number of aliphatic hydroxyl groups is 2. The average Bonchev–Trinajstić information content (AvgIpc) is 2.69. The molecule has 0 aromatic rings. The summed E-state index contributed by atoms with van der Waals surface area (Å²) in [6, 6.07) is 0. The van der Waals surface area contributed by atoms with E-state index in [1.165, 1.54) is 5.57 Å². The number of allylic oxidation sites excluding steroid dienone is 1. The van der Waals surface area contributed by atoms with Gasteiger partial charge in [-0.1, -0.05) is 13.3 Å². The first kappa shape index (κ1) is 17.2. The van der Waals surface area contributed by atoms with E-state index in [9.17, 15) is 15.0 Å². The number of hydrogen-bond acceptors (Lipinski definition) is 5. The number of carbonyl (C=O) groups is 1. The first-order chi connectivity index (χ1) is 10.5. The number of nitrogens with one attached hydrogen (secondary N) is 1. The molecule has 2 aliphatic carbocycles. The molecule has 0 aromatic heterocycles. The molecule has 2 aliphatic rings. The van der Waals surface area contributed by atoms with Crippen molar-refractivity contribution in [2.75, 3.05) is 6.61 Å². The van der Waals surface area contributed by atoms with Crippen molar-refractivity contribution in [3.63, 3.8) is 0 Å². The molecular weight excluding hydrogens is 286 g/mol. The van der Waals surface area contributed by atoms with Crippen LogP contribution in [0.2, 0.25) is 0 Å². The fourth-order valence-corrected chi connectivity index (χ4v) is 3.54. The normalized spacial score (nSPS) is 28.2. The standard InChI is InChI=1S/C16H27NO5/c1-2-3-10(18)4-5-11-12-8-14(13(12)9-15(11)19)17-22-7-6-16(20)21/h10-12,15,17-19H,2-9H2,1H3,(H,20,21). The van der Waals surface area contributed by atoms with E-state index in [-0.39, 0.29) is 31.2 Å². The lowest BCUT2D eigenvalue weighted by Gasteiger charge is -2.32. The zero-order valence-corrected chi connectivity index (χ0v) is 13.1. The molecule has 4 atom stereocenters. The highest BCUT2D eigenvalue weighted by atomic mass is 16.6. The third kappa shape index (κ3) is 4.21. The highest BCUT2D eigenvalue weighted by Gasteiger charge is 2.45. The zero-order valence-electron chi connectivity index (χ0n) is 13.1. The molecule has 4 unspecified atom stereocenters. The first-order valence-corrected chi connectivity index (χ1v) is 8.20. The van der Waals surface area contributed by atoms with Gasteiger partial charge in [-0.3, -0.25) is 15.1 Å². The van der Waals surface area contributed by atoms with Crippen molar-refractivity contribution >= 4 is 5.97 Å². The third-order valence-electron chi connectivity index (χ3n) is 4.77. The van der Waals surface area contributed by atoms with Gasteiger partial charge in [0.15, 0.2) is 0 Å². The minimum absolute atomic E-state index is 0.0282. The van der Waals surface area contributed by atoms with Crippen LogP contribution in [0.5, 0.6) is 0 Å². The maximum absolute atomic E-state index is 10.4. The van der Waals surface area contributed by atoms with Crippen LogP contribution in [0.1, 0.15) is 51.9 Å². The molecule has 0 saturated heterocycles. The van der Waals surface area contributed by atoms with Gasteiger partial charge in [-0.15, -0.1) is 0 Å². The predicted octanol–water partition coefficient (Wildman–Crippen LogP) is 1.58. The first-order valence-electron chi connectivity index (χ1n) is 8.20. The second-order valence-corrected chi connectivity index (χ2v) is 6.36. The molecule has 22 heavy (non-hydrogen) atoms. The van der Waals surface area contributed by atoms with Crippen LogP contribution >= 0.6 is 0 Å². The molecule has 0 bridgehead atoms. The van der Waals surface area contributed by atoms with E-state index in [0.29, 0.717) is 12.3 Å². The van der Waals surface area contributed by atoms with Gasteiger partial charge in [0, 0.05) is 5.70 Å². The molecule has 2 rings (SSSR count). The summed E-state index contributed by atoms with van der Waals surface area (Å²) < 4.78 is 0. The summed E-state index contributed by atoms with van der Waals surface area (Å²) in [6.45, 7) is 2.19. The van der Waals surface area contributed by atoms with Crippen LogP contribution < -0.4 is 5.48 Å². The number of aliphatic hydroxyl groups excluding tert-OH is 2. The summed E-state index contributed by atoms with van der Waals surface area (Å²) in [5.74, 6) is -0.270. The Hall–Kier alpha value is -1.11. The Morgan fingerprint density at radius 3 is 2.86 bits per heavy atom. The Labute approximate surface area is 131 Å². The minimum atomic E-state index is -0.882. The van der Waals surface area contributed by atoms with Crippen molar-refractivity contribution in [3.05, 3.63) is 11.3 Å². The van der Waals surface area contributed by atoms with E-state index in [1.54, 1.807) is 0 Å². The predicted molar refractivity (Wildman–Crippen MR) is 80.7 cm³/mol. The Balaban J connectivity index is 1.76. The SMILES string of the molecule is CCCC(O)CCC1C(O)CC2=C(NOCCC(=O)O)CC21. The van der Waals surface area contributed by atoms with Gasteiger partial charge < -0.3 is 15.3 Å². The molecule has 0 aliphatic heterocycles. The monoisotopic (exact) mass is 313 g/mol. The summed E-state index contributed by atoms with van der Waals surface area (Å²) in [4.78, 5) is 15.5. The van der Waals surface area contributed by atoms with Gasteiger partial charge in [0.25, 0.3) is 0 Å². The maximum atomic E-state index is 10.4. The molecule has 4 N–H and O–H groups in total. The fourth-order valence-electron chi connectivity index (χ4n) is 3.54. The lowest BCUT2D eigenvalue weighted by atomic mass is 9.77. The van der Waals surface area contributed by atoms with E-state index in [0.717, 1.165) is 37.8 Å². The van der Waals surface area contributed by atoms with Crippen molar-refractivity contribution in [3.8, 4) is 0 Å². The lowest BCUT2D eigenvalue weighted by molar-refractivity contribution is -0.138. The number of hydroxylamine groups is 1. The van der Waals surface area contributed by atoms with Gasteiger partial charge in [0.2, 0.25) is 0 Å². The van der Waals surface area contributed by atoms with Gasteiger partial charge in [0.05, 0.1) is 25.2 Å². The fraction of sp³-hybridized carbons (Fsp3) is 0.812. The third-order valence-corrected chi connectivity index (χ3v) is 4.77. The average molecular weight is 313 g/mol. The molecule has 6 nitrogen and oxygen atoms in total. The summed E-state index contributed by atoms with van der Waals surface area (Å²) in [5, 5.41) is 28.6. The number of carboxylic acids is 1. The van der Waals surface area contributed by atoms with Crippen molar-refractivity contribution < 1.29 is 25.0 Å². The smallest absolute Gasteiger partial charge is 0.305 e. The number of aliphatic carboxylic acids is 1. The summed E-state index contributed by atoms with van der Waals surface area (Å²) in [6.07, 6.45) is 4.26. The van der Waals surface area contributed by atoms with Crippen LogP contribution in [-0.4, -0.2) is 40.1 Å². The number of carboxylic acid groups (broad SMARTS) is 1. The van der Waals surface area contributed by atoms with Gasteiger partial charge in [-0.25, -0.2) is 0 Å². The molecule has 1 saturated carbocycles. The molecule has 6 heteroatoms. The molecular formula is C16H27NO5. The van der Waals surface area contributed by atoms with E-state index >= 15 is 0 Å². The highest BCUT2D eigenvalue weighted by molar-refractivity contribution is 5.66. The molecule has 0 aromatic carbocycles. The van der Waals surface area contributed by atoms with Gasteiger partial charge in [-0.2, -0.15) is 0 Å². The second-order valence-electron chi connectivity index (χ2n) is 6.36. The summed E-state index contributed by atoms with van der Waals surface area (Å²) in [5.41, 5.74) is 5.03. The topological polar surface area (TPSA) is 99.0 Å². The maximum Gasteiger partial charge on any atom is 0.305 e.